The van der Waals surface area contributed by atoms with Crippen LogP contribution in [0.1, 0.15) is 26.7 Å². The summed E-state index contributed by atoms with van der Waals surface area (Å²) < 4.78 is 11.2. The van der Waals surface area contributed by atoms with Gasteiger partial charge in [0, 0.05) is 35.4 Å². The first-order valence-electron chi connectivity index (χ1n) is 6.31. The Labute approximate surface area is 106 Å². The van der Waals surface area contributed by atoms with E-state index in [2.05, 4.69) is 17.6 Å². The zero-order valence-corrected chi connectivity index (χ0v) is 11.8. The molecular weight excluding hydrogens is 236 g/mol. The molecule has 4 nitrogen and oxygen atoms in total. The molecule has 17 heavy (non-hydrogen) atoms. The molecule has 4 atom stereocenters. The van der Waals surface area contributed by atoms with E-state index in [9.17, 15) is 9.00 Å². The third-order valence-electron chi connectivity index (χ3n) is 3.36. The summed E-state index contributed by atoms with van der Waals surface area (Å²) in [7, 11) is -0.799. The van der Waals surface area contributed by atoms with Gasteiger partial charge in [0.15, 0.2) is 0 Å². The summed E-state index contributed by atoms with van der Waals surface area (Å²) in [5.41, 5.74) is 0. The minimum atomic E-state index is -0.799. The Hall–Kier alpha value is -0.420. The Bertz CT molecular complexity index is 284. The maximum absolute atomic E-state index is 11.9. The van der Waals surface area contributed by atoms with Crippen molar-refractivity contribution >= 4 is 16.7 Å². The predicted molar refractivity (Wildman–Crippen MR) is 71.3 cm³/mol. The quantitative estimate of drug-likeness (QED) is 0.757. The Balaban J connectivity index is 2.22. The number of hydrogen-bond donors (Lipinski definition) is 2. The van der Waals surface area contributed by atoms with Crippen molar-refractivity contribution in [3.8, 4) is 0 Å². The average Bonchev–Trinajstić information content (AvgIpc) is 2.28. The average molecular weight is 260 g/mol. The molecule has 0 aromatic heterocycles. The smallest absolute Gasteiger partial charge is 0.224 e. The van der Waals surface area contributed by atoms with Crippen LogP contribution in [0.5, 0.6) is 0 Å². The van der Waals surface area contributed by atoms with Crippen LogP contribution in [0.15, 0.2) is 0 Å². The number of carbonyl (C=O) groups excluding carboxylic acids is 1. The standard InChI is InChI=1S/C12H24N2O2S/c1-9-6-11(8-13-7-9)12(15)14-5-4-10(2)17(3)16/h9-11,13H,4-8H2,1-3H3,(H,14,15). The zero-order chi connectivity index (χ0) is 12.8. The van der Waals surface area contributed by atoms with Crippen LogP contribution >= 0.6 is 0 Å². The van der Waals surface area contributed by atoms with E-state index in [0.29, 0.717) is 12.5 Å². The number of rotatable bonds is 5. The molecule has 0 aromatic rings. The highest BCUT2D eigenvalue weighted by molar-refractivity contribution is 7.84. The SMILES string of the molecule is CC1CNCC(C(=O)NCCC(C)S(C)=O)C1. The van der Waals surface area contributed by atoms with Crippen molar-refractivity contribution in [2.75, 3.05) is 25.9 Å². The van der Waals surface area contributed by atoms with Gasteiger partial charge in [0.05, 0.1) is 5.92 Å². The minimum absolute atomic E-state index is 0.0983. The van der Waals surface area contributed by atoms with Crippen LogP contribution in [0.3, 0.4) is 0 Å². The van der Waals surface area contributed by atoms with Gasteiger partial charge in [0.1, 0.15) is 0 Å². The van der Waals surface area contributed by atoms with E-state index in [1.807, 2.05) is 6.92 Å². The van der Waals surface area contributed by atoms with Crippen molar-refractivity contribution in [1.82, 2.24) is 10.6 Å². The van der Waals surface area contributed by atoms with E-state index in [1.165, 1.54) is 0 Å². The molecule has 1 fully saturated rings. The molecule has 0 saturated carbocycles. The maximum atomic E-state index is 11.9. The molecular formula is C12H24N2O2S. The molecule has 0 aliphatic carbocycles. The second-order valence-electron chi connectivity index (χ2n) is 5.08. The van der Waals surface area contributed by atoms with Crippen molar-refractivity contribution in [2.45, 2.75) is 31.9 Å². The van der Waals surface area contributed by atoms with Crippen LogP contribution in [-0.2, 0) is 15.6 Å². The molecule has 2 N–H and O–H groups in total. The Morgan fingerprint density at radius 2 is 2.24 bits per heavy atom. The van der Waals surface area contributed by atoms with E-state index >= 15 is 0 Å². The lowest BCUT2D eigenvalue weighted by molar-refractivity contribution is -0.125. The van der Waals surface area contributed by atoms with Crippen LogP contribution in [0.25, 0.3) is 0 Å². The van der Waals surface area contributed by atoms with Crippen LogP contribution in [-0.4, -0.2) is 41.3 Å². The summed E-state index contributed by atoms with van der Waals surface area (Å²) in [4.78, 5) is 11.9. The molecule has 1 heterocycles. The fraction of sp³-hybridized carbons (Fsp3) is 0.917. The first-order chi connectivity index (χ1) is 8.00. The third kappa shape index (κ3) is 5.17. The van der Waals surface area contributed by atoms with E-state index < -0.39 is 10.8 Å². The molecule has 0 spiro atoms. The summed E-state index contributed by atoms with van der Waals surface area (Å²) in [5, 5.41) is 6.37. The minimum Gasteiger partial charge on any atom is -0.356 e. The monoisotopic (exact) mass is 260 g/mol. The normalized spacial score (nSPS) is 28.4. The molecule has 0 bridgehead atoms. The van der Waals surface area contributed by atoms with Crippen molar-refractivity contribution in [3.63, 3.8) is 0 Å². The first kappa shape index (κ1) is 14.6. The summed E-state index contributed by atoms with van der Waals surface area (Å²) in [5.74, 6) is 0.806. The lowest BCUT2D eigenvalue weighted by Gasteiger charge is -2.26. The zero-order valence-electron chi connectivity index (χ0n) is 11.0. The molecule has 1 saturated heterocycles. The molecule has 1 aliphatic rings. The van der Waals surface area contributed by atoms with Gasteiger partial charge in [-0.25, -0.2) is 0 Å². The van der Waals surface area contributed by atoms with Gasteiger partial charge in [-0.1, -0.05) is 13.8 Å². The van der Waals surface area contributed by atoms with Gasteiger partial charge >= 0.3 is 0 Å². The van der Waals surface area contributed by atoms with Gasteiger partial charge in [-0.05, 0) is 25.3 Å². The first-order valence-corrected chi connectivity index (χ1v) is 7.93. The summed E-state index contributed by atoms with van der Waals surface area (Å²) >= 11 is 0. The number of hydrogen-bond acceptors (Lipinski definition) is 3. The lowest BCUT2D eigenvalue weighted by Crippen LogP contribution is -2.43. The van der Waals surface area contributed by atoms with E-state index in [0.717, 1.165) is 25.9 Å². The van der Waals surface area contributed by atoms with E-state index in [4.69, 9.17) is 0 Å². The maximum Gasteiger partial charge on any atom is 0.224 e. The van der Waals surface area contributed by atoms with Crippen molar-refractivity contribution in [1.29, 1.82) is 0 Å². The van der Waals surface area contributed by atoms with Gasteiger partial charge in [-0.15, -0.1) is 0 Å². The van der Waals surface area contributed by atoms with E-state index in [1.54, 1.807) is 6.26 Å². The van der Waals surface area contributed by atoms with Crippen molar-refractivity contribution < 1.29 is 9.00 Å². The molecule has 1 amide bonds. The van der Waals surface area contributed by atoms with Crippen LogP contribution < -0.4 is 10.6 Å². The highest BCUT2D eigenvalue weighted by Crippen LogP contribution is 2.15. The largest absolute Gasteiger partial charge is 0.356 e. The lowest BCUT2D eigenvalue weighted by atomic mass is 9.91. The topological polar surface area (TPSA) is 58.2 Å². The molecule has 0 aromatic carbocycles. The van der Waals surface area contributed by atoms with Crippen molar-refractivity contribution in [2.24, 2.45) is 11.8 Å². The highest BCUT2D eigenvalue weighted by atomic mass is 32.2. The fourth-order valence-electron chi connectivity index (χ4n) is 2.07. The number of piperidine rings is 1. The Morgan fingerprint density at radius 1 is 1.53 bits per heavy atom. The Kier molecular flexibility index (Phi) is 6.12. The number of amides is 1. The summed E-state index contributed by atoms with van der Waals surface area (Å²) in [6.07, 6.45) is 3.46. The van der Waals surface area contributed by atoms with Crippen LogP contribution in [0, 0.1) is 11.8 Å². The van der Waals surface area contributed by atoms with Gasteiger partial charge < -0.3 is 10.6 Å². The third-order valence-corrected chi connectivity index (χ3v) is 4.73. The number of nitrogens with one attached hydrogen (secondary N) is 2. The molecule has 1 rings (SSSR count). The summed E-state index contributed by atoms with van der Waals surface area (Å²) in [6.45, 7) is 6.53. The second kappa shape index (κ2) is 7.11. The molecule has 5 heteroatoms. The second-order valence-corrected chi connectivity index (χ2v) is 6.89. The van der Waals surface area contributed by atoms with Crippen LogP contribution in [0.4, 0.5) is 0 Å². The summed E-state index contributed by atoms with van der Waals surface area (Å²) in [6, 6.07) is 0. The van der Waals surface area contributed by atoms with E-state index in [-0.39, 0.29) is 17.1 Å². The highest BCUT2D eigenvalue weighted by Gasteiger charge is 2.24. The van der Waals surface area contributed by atoms with Gasteiger partial charge in [-0.3, -0.25) is 9.00 Å². The fourth-order valence-corrected chi connectivity index (χ4v) is 2.51. The Morgan fingerprint density at radius 3 is 2.82 bits per heavy atom. The molecule has 100 valence electrons. The van der Waals surface area contributed by atoms with Gasteiger partial charge in [0.2, 0.25) is 5.91 Å². The van der Waals surface area contributed by atoms with Gasteiger partial charge in [-0.2, -0.15) is 0 Å². The molecule has 4 unspecified atom stereocenters. The molecule has 0 radical (unpaired) electrons. The molecule has 1 aliphatic heterocycles. The van der Waals surface area contributed by atoms with Crippen LogP contribution in [0.2, 0.25) is 0 Å². The van der Waals surface area contributed by atoms with Crippen molar-refractivity contribution in [3.05, 3.63) is 0 Å². The number of carbonyl (C=O) groups is 1. The van der Waals surface area contributed by atoms with Gasteiger partial charge in [0.25, 0.3) is 0 Å². The predicted octanol–water partition coefficient (Wildman–Crippen LogP) is 0.505.